The molecule has 106 valence electrons. The molecule has 0 bridgehead atoms. The summed E-state index contributed by atoms with van der Waals surface area (Å²) in [7, 11) is 0. The predicted molar refractivity (Wildman–Crippen MR) is 80.7 cm³/mol. The molecule has 0 aromatic heterocycles. The van der Waals surface area contributed by atoms with Crippen LogP contribution in [-0.2, 0) is 11.2 Å². The Balaban J connectivity index is 2.12. The lowest BCUT2D eigenvalue weighted by Gasteiger charge is -2.35. The van der Waals surface area contributed by atoms with E-state index in [9.17, 15) is 0 Å². The zero-order valence-electron chi connectivity index (χ0n) is 11.9. The average molecular weight is 282 g/mol. The van der Waals surface area contributed by atoms with E-state index in [1.807, 2.05) is 19.9 Å². The zero-order valence-corrected chi connectivity index (χ0v) is 12.7. The summed E-state index contributed by atoms with van der Waals surface area (Å²) < 4.78 is 6.02. The maximum atomic E-state index is 6.46. The molecule has 1 aliphatic rings. The summed E-state index contributed by atoms with van der Waals surface area (Å²) >= 11 is 6.31. The van der Waals surface area contributed by atoms with Crippen LogP contribution in [-0.4, -0.2) is 18.2 Å². The second-order valence-electron chi connectivity index (χ2n) is 5.61. The summed E-state index contributed by atoms with van der Waals surface area (Å²) in [4.78, 5) is 0. The lowest BCUT2D eigenvalue weighted by molar-refractivity contribution is -0.0524. The molecule has 1 aliphatic carbocycles. The minimum absolute atomic E-state index is 0.0233. The molecule has 0 amide bonds. The van der Waals surface area contributed by atoms with E-state index in [-0.39, 0.29) is 11.6 Å². The Bertz CT molecular complexity index is 427. The first-order valence-electron chi connectivity index (χ1n) is 7.22. The number of hydrogen-bond donors (Lipinski definition) is 1. The van der Waals surface area contributed by atoms with Crippen LogP contribution in [0.3, 0.4) is 0 Å². The molecule has 2 nitrogen and oxygen atoms in total. The summed E-state index contributed by atoms with van der Waals surface area (Å²) in [5.74, 6) is 0. The second-order valence-corrected chi connectivity index (χ2v) is 6.02. The van der Waals surface area contributed by atoms with Crippen LogP contribution < -0.4 is 5.73 Å². The molecule has 1 aromatic rings. The summed E-state index contributed by atoms with van der Waals surface area (Å²) in [5, 5.41) is 0.820. The molecule has 2 N–H and O–H groups in total. The quantitative estimate of drug-likeness (QED) is 0.889. The molecule has 1 unspecified atom stereocenters. The van der Waals surface area contributed by atoms with Gasteiger partial charge in [-0.3, -0.25) is 0 Å². The van der Waals surface area contributed by atoms with Crippen LogP contribution in [0.25, 0.3) is 0 Å². The van der Waals surface area contributed by atoms with E-state index in [0.29, 0.717) is 0 Å². The van der Waals surface area contributed by atoms with E-state index in [0.717, 1.165) is 36.5 Å². The van der Waals surface area contributed by atoms with Gasteiger partial charge in [-0.05, 0) is 50.3 Å². The van der Waals surface area contributed by atoms with Crippen LogP contribution in [0.4, 0.5) is 0 Å². The van der Waals surface area contributed by atoms with Crippen molar-refractivity contribution in [2.45, 2.75) is 57.6 Å². The van der Waals surface area contributed by atoms with Gasteiger partial charge in [0.25, 0.3) is 0 Å². The summed E-state index contributed by atoms with van der Waals surface area (Å²) in [6.45, 7) is 4.83. The van der Waals surface area contributed by atoms with E-state index in [2.05, 4.69) is 12.1 Å². The Morgan fingerprint density at radius 1 is 1.37 bits per heavy atom. The summed E-state index contributed by atoms with van der Waals surface area (Å²) in [6, 6.07) is 6.21. The van der Waals surface area contributed by atoms with Gasteiger partial charge in [0, 0.05) is 17.7 Å². The Morgan fingerprint density at radius 2 is 2.05 bits per heavy atom. The van der Waals surface area contributed by atoms with Gasteiger partial charge in [-0.1, -0.05) is 36.6 Å². The van der Waals surface area contributed by atoms with Crippen LogP contribution in [0.5, 0.6) is 0 Å². The first kappa shape index (κ1) is 14.8. The molecule has 0 saturated heterocycles. The number of halogens is 1. The maximum Gasteiger partial charge on any atom is 0.0835 e. The highest BCUT2D eigenvalue weighted by Gasteiger charge is 2.40. The average Bonchev–Trinajstić information content (AvgIpc) is 2.83. The van der Waals surface area contributed by atoms with E-state index >= 15 is 0 Å². The van der Waals surface area contributed by atoms with Crippen molar-refractivity contribution in [3.8, 4) is 0 Å². The van der Waals surface area contributed by atoms with Gasteiger partial charge in [0.05, 0.1) is 5.60 Å². The number of benzene rings is 1. The van der Waals surface area contributed by atoms with Crippen molar-refractivity contribution in [1.29, 1.82) is 0 Å². The van der Waals surface area contributed by atoms with Crippen molar-refractivity contribution in [3.05, 3.63) is 34.3 Å². The van der Waals surface area contributed by atoms with Crippen LogP contribution in [0.15, 0.2) is 18.2 Å². The van der Waals surface area contributed by atoms with Crippen molar-refractivity contribution >= 4 is 11.6 Å². The number of hydrogen-bond acceptors (Lipinski definition) is 2. The van der Waals surface area contributed by atoms with Crippen molar-refractivity contribution in [2.75, 3.05) is 6.61 Å². The molecular formula is C16H24ClNO. The van der Waals surface area contributed by atoms with Gasteiger partial charge in [0.15, 0.2) is 0 Å². The molecule has 19 heavy (non-hydrogen) atoms. The number of rotatable bonds is 5. The highest BCUT2D eigenvalue weighted by molar-refractivity contribution is 6.31. The molecule has 1 aromatic carbocycles. The molecule has 1 atom stereocenters. The van der Waals surface area contributed by atoms with Gasteiger partial charge in [-0.25, -0.2) is 0 Å². The molecule has 0 spiro atoms. The topological polar surface area (TPSA) is 35.2 Å². The Hall–Kier alpha value is -0.570. The normalized spacial score (nSPS) is 19.6. The molecule has 1 saturated carbocycles. The first-order valence-corrected chi connectivity index (χ1v) is 7.60. The number of ether oxygens (including phenoxy) is 1. The fourth-order valence-corrected chi connectivity index (χ4v) is 3.44. The Kier molecular flexibility index (Phi) is 4.88. The molecule has 0 aliphatic heterocycles. The van der Waals surface area contributed by atoms with Gasteiger partial charge in [-0.15, -0.1) is 0 Å². The predicted octanol–water partition coefficient (Wildman–Crippen LogP) is 3.87. The molecular weight excluding hydrogens is 258 g/mol. The fourth-order valence-electron chi connectivity index (χ4n) is 3.12. The summed E-state index contributed by atoms with van der Waals surface area (Å²) in [6.07, 6.45) is 5.38. The van der Waals surface area contributed by atoms with Crippen molar-refractivity contribution in [3.63, 3.8) is 0 Å². The van der Waals surface area contributed by atoms with Gasteiger partial charge >= 0.3 is 0 Å². The SMILES string of the molecule is CCOC1(C(N)Cc2ccc(C)cc2Cl)CCCC1. The maximum absolute atomic E-state index is 6.46. The molecule has 1 fully saturated rings. The number of nitrogens with two attached hydrogens (primary N) is 1. The molecule has 0 radical (unpaired) electrons. The lowest BCUT2D eigenvalue weighted by Crippen LogP contribution is -2.49. The molecule has 2 rings (SSSR count). The van der Waals surface area contributed by atoms with E-state index in [1.54, 1.807) is 0 Å². The summed E-state index contributed by atoms with van der Waals surface area (Å²) in [5.41, 5.74) is 8.63. The largest absolute Gasteiger partial charge is 0.374 e. The van der Waals surface area contributed by atoms with Crippen molar-refractivity contribution < 1.29 is 4.74 Å². The van der Waals surface area contributed by atoms with E-state index in [1.165, 1.54) is 18.4 Å². The molecule has 3 heteroatoms. The minimum Gasteiger partial charge on any atom is -0.374 e. The third-order valence-corrected chi connectivity index (χ3v) is 4.56. The Morgan fingerprint density at radius 3 is 2.63 bits per heavy atom. The minimum atomic E-state index is -0.136. The smallest absolute Gasteiger partial charge is 0.0835 e. The third-order valence-electron chi connectivity index (χ3n) is 4.21. The van der Waals surface area contributed by atoms with E-state index < -0.39 is 0 Å². The van der Waals surface area contributed by atoms with Crippen LogP contribution in [0.2, 0.25) is 5.02 Å². The van der Waals surface area contributed by atoms with Crippen molar-refractivity contribution in [2.24, 2.45) is 5.73 Å². The first-order chi connectivity index (χ1) is 9.07. The number of aryl methyl sites for hydroxylation is 1. The Labute approximate surface area is 121 Å². The lowest BCUT2D eigenvalue weighted by atomic mass is 9.88. The van der Waals surface area contributed by atoms with Crippen LogP contribution in [0.1, 0.15) is 43.7 Å². The third kappa shape index (κ3) is 3.31. The highest BCUT2D eigenvalue weighted by Crippen LogP contribution is 2.37. The molecule has 0 heterocycles. The van der Waals surface area contributed by atoms with Gasteiger partial charge in [0.1, 0.15) is 0 Å². The van der Waals surface area contributed by atoms with E-state index in [4.69, 9.17) is 22.1 Å². The monoisotopic (exact) mass is 281 g/mol. The zero-order chi connectivity index (χ0) is 13.9. The van der Waals surface area contributed by atoms with Crippen LogP contribution >= 0.6 is 11.6 Å². The van der Waals surface area contributed by atoms with Crippen LogP contribution in [0, 0.1) is 6.92 Å². The highest BCUT2D eigenvalue weighted by atomic mass is 35.5. The van der Waals surface area contributed by atoms with Gasteiger partial charge in [-0.2, -0.15) is 0 Å². The standard InChI is InChI=1S/C16H24ClNO/c1-3-19-16(8-4-5-9-16)15(18)11-13-7-6-12(2)10-14(13)17/h6-7,10,15H,3-5,8-9,11,18H2,1-2H3. The second kappa shape index (κ2) is 6.25. The van der Waals surface area contributed by atoms with Gasteiger partial charge in [0.2, 0.25) is 0 Å². The van der Waals surface area contributed by atoms with Crippen molar-refractivity contribution in [1.82, 2.24) is 0 Å². The fraction of sp³-hybridized carbons (Fsp3) is 0.625. The van der Waals surface area contributed by atoms with Gasteiger partial charge < -0.3 is 10.5 Å².